The summed E-state index contributed by atoms with van der Waals surface area (Å²) in [6.45, 7) is 2.23. The maximum atomic E-state index is 12.2. The van der Waals surface area contributed by atoms with Crippen molar-refractivity contribution in [1.82, 2.24) is 14.6 Å². The van der Waals surface area contributed by atoms with Crippen LogP contribution in [-0.2, 0) is 0 Å². The van der Waals surface area contributed by atoms with E-state index in [2.05, 4.69) is 32.4 Å². The van der Waals surface area contributed by atoms with Gasteiger partial charge in [0.15, 0.2) is 0 Å². The second-order valence-corrected chi connectivity index (χ2v) is 6.45. The highest BCUT2D eigenvalue weighted by molar-refractivity contribution is 7.14. The SMILES string of the molecule is O=C(Nc1ccc(N2CCCCC2)cc1)c1cn2ncsc2n1. The molecule has 3 aromatic rings. The lowest BCUT2D eigenvalue weighted by molar-refractivity contribution is 0.102. The Hall–Kier alpha value is -2.41. The molecule has 0 bridgehead atoms. The third-order valence-corrected chi connectivity index (χ3v) is 4.75. The van der Waals surface area contributed by atoms with E-state index in [0.717, 1.165) is 23.7 Å². The van der Waals surface area contributed by atoms with Crippen LogP contribution in [0.15, 0.2) is 36.0 Å². The number of carbonyl (C=O) groups excluding carboxylic acids is 1. The normalized spacial score (nSPS) is 15.0. The number of aromatic nitrogens is 3. The fourth-order valence-electron chi connectivity index (χ4n) is 2.85. The zero-order chi connectivity index (χ0) is 15.6. The molecule has 7 heteroatoms. The van der Waals surface area contributed by atoms with E-state index in [1.807, 2.05) is 12.1 Å². The van der Waals surface area contributed by atoms with Crippen LogP contribution in [0.5, 0.6) is 0 Å². The van der Waals surface area contributed by atoms with Crippen molar-refractivity contribution in [3.63, 3.8) is 0 Å². The Morgan fingerprint density at radius 2 is 1.91 bits per heavy atom. The quantitative estimate of drug-likeness (QED) is 0.803. The third-order valence-electron chi connectivity index (χ3n) is 4.07. The number of piperidine rings is 1. The first-order valence-corrected chi connectivity index (χ1v) is 8.63. The maximum absolute atomic E-state index is 12.2. The van der Waals surface area contributed by atoms with Crippen molar-refractivity contribution in [2.75, 3.05) is 23.3 Å². The van der Waals surface area contributed by atoms with Crippen LogP contribution in [-0.4, -0.2) is 33.6 Å². The van der Waals surface area contributed by atoms with Gasteiger partial charge < -0.3 is 10.2 Å². The Morgan fingerprint density at radius 1 is 1.13 bits per heavy atom. The number of carbonyl (C=O) groups is 1. The minimum atomic E-state index is -0.214. The molecule has 1 N–H and O–H groups in total. The summed E-state index contributed by atoms with van der Waals surface area (Å²) in [7, 11) is 0. The van der Waals surface area contributed by atoms with Gasteiger partial charge in [0.1, 0.15) is 11.2 Å². The van der Waals surface area contributed by atoms with Crippen molar-refractivity contribution in [2.24, 2.45) is 0 Å². The number of imidazole rings is 1. The number of hydrogen-bond donors (Lipinski definition) is 1. The predicted molar refractivity (Wildman–Crippen MR) is 91.3 cm³/mol. The first-order valence-electron chi connectivity index (χ1n) is 7.75. The standard InChI is InChI=1S/C16H17N5OS/c22-15(14-10-21-16(19-14)23-11-17-21)18-12-4-6-13(7-5-12)20-8-2-1-3-9-20/h4-7,10-11H,1-3,8-9H2,(H,18,22). The van der Waals surface area contributed by atoms with Crippen molar-refractivity contribution in [2.45, 2.75) is 19.3 Å². The van der Waals surface area contributed by atoms with E-state index in [9.17, 15) is 4.79 Å². The van der Waals surface area contributed by atoms with E-state index in [1.54, 1.807) is 16.2 Å². The highest BCUT2D eigenvalue weighted by Gasteiger charge is 2.13. The number of nitrogens with one attached hydrogen (secondary N) is 1. The Bertz CT molecular complexity index is 788. The number of amides is 1. The Labute approximate surface area is 137 Å². The van der Waals surface area contributed by atoms with Crippen LogP contribution in [0.2, 0.25) is 0 Å². The summed E-state index contributed by atoms with van der Waals surface area (Å²) in [4.78, 5) is 19.6. The molecule has 1 saturated heterocycles. The van der Waals surface area contributed by atoms with Crippen molar-refractivity contribution < 1.29 is 4.79 Å². The summed E-state index contributed by atoms with van der Waals surface area (Å²) in [5.74, 6) is -0.214. The molecule has 2 aromatic heterocycles. The summed E-state index contributed by atoms with van der Waals surface area (Å²) in [6, 6.07) is 8.01. The van der Waals surface area contributed by atoms with Crippen LogP contribution < -0.4 is 10.2 Å². The molecule has 0 unspecified atom stereocenters. The number of fused-ring (bicyclic) bond motifs is 1. The van der Waals surface area contributed by atoms with Crippen LogP contribution in [0.25, 0.3) is 4.96 Å². The van der Waals surface area contributed by atoms with Crippen LogP contribution in [0.3, 0.4) is 0 Å². The van der Waals surface area contributed by atoms with Gasteiger partial charge in [-0.1, -0.05) is 11.3 Å². The molecule has 1 aromatic carbocycles. The van der Waals surface area contributed by atoms with Gasteiger partial charge in [0.25, 0.3) is 5.91 Å². The zero-order valence-electron chi connectivity index (χ0n) is 12.6. The average molecular weight is 327 g/mol. The van der Waals surface area contributed by atoms with E-state index in [0.29, 0.717) is 5.69 Å². The molecular weight excluding hydrogens is 310 g/mol. The molecule has 1 amide bonds. The molecular formula is C16H17N5OS. The van der Waals surface area contributed by atoms with Crippen LogP contribution >= 0.6 is 11.3 Å². The van der Waals surface area contributed by atoms with Gasteiger partial charge >= 0.3 is 0 Å². The highest BCUT2D eigenvalue weighted by Crippen LogP contribution is 2.22. The van der Waals surface area contributed by atoms with Gasteiger partial charge in [-0.15, -0.1) is 0 Å². The number of rotatable bonds is 3. The van der Waals surface area contributed by atoms with E-state index in [4.69, 9.17) is 0 Å². The van der Waals surface area contributed by atoms with Crippen LogP contribution in [0.4, 0.5) is 11.4 Å². The lowest BCUT2D eigenvalue weighted by Crippen LogP contribution is -2.29. The van der Waals surface area contributed by atoms with Gasteiger partial charge in [-0.25, -0.2) is 9.50 Å². The second-order valence-electron chi connectivity index (χ2n) is 5.64. The van der Waals surface area contributed by atoms with Crippen molar-refractivity contribution in [3.8, 4) is 0 Å². The summed E-state index contributed by atoms with van der Waals surface area (Å²) < 4.78 is 1.61. The van der Waals surface area contributed by atoms with E-state index >= 15 is 0 Å². The first kappa shape index (κ1) is 14.2. The van der Waals surface area contributed by atoms with Gasteiger partial charge in [0.05, 0.1) is 6.20 Å². The number of nitrogens with zero attached hydrogens (tertiary/aromatic N) is 4. The smallest absolute Gasteiger partial charge is 0.275 e. The number of benzene rings is 1. The highest BCUT2D eigenvalue weighted by atomic mass is 32.1. The van der Waals surface area contributed by atoms with E-state index < -0.39 is 0 Å². The molecule has 0 saturated carbocycles. The Balaban J connectivity index is 1.45. The molecule has 1 aliphatic heterocycles. The monoisotopic (exact) mass is 327 g/mol. The Kier molecular flexibility index (Phi) is 3.70. The van der Waals surface area contributed by atoms with Gasteiger partial charge in [-0.3, -0.25) is 4.79 Å². The molecule has 1 aliphatic rings. The molecule has 4 rings (SSSR count). The Morgan fingerprint density at radius 3 is 2.65 bits per heavy atom. The van der Waals surface area contributed by atoms with Gasteiger partial charge in [0, 0.05) is 24.5 Å². The van der Waals surface area contributed by atoms with Crippen molar-refractivity contribution in [1.29, 1.82) is 0 Å². The number of anilines is 2. The fraction of sp³-hybridized carbons (Fsp3) is 0.312. The predicted octanol–water partition coefficient (Wildman–Crippen LogP) is 3.03. The topological polar surface area (TPSA) is 62.5 Å². The third kappa shape index (κ3) is 2.92. The molecule has 118 valence electrons. The summed E-state index contributed by atoms with van der Waals surface area (Å²) in [5.41, 5.74) is 4.07. The molecule has 6 nitrogen and oxygen atoms in total. The zero-order valence-corrected chi connectivity index (χ0v) is 13.4. The second kappa shape index (κ2) is 6.00. The van der Waals surface area contributed by atoms with Crippen LogP contribution in [0, 0.1) is 0 Å². The summed E-state index contributed by atoms with van der Waals surface area (Å²) in [5, 5.41) is 6.96. The molecule has 23 heavy (non-hydrogen) atoms. The minimum Gasteiger partial charge on any atom is -0.372 e. The first-order chi connectivity index (χ1) is 11.3. The largest absolute Gasteiger partial charge is 0.372 e. The van der Waals surface area contributed by atoms with Crippen LogP contribution in [0.1, 0.15) is 29.8 Å². The lowest BCUT2D eigenvalue weighted by Gasteiger charge is -2.28. The van der Waals surface area contributed by atoms with Crippen molar-refractivity contribution in [3.05, 3.63) is 41.7 Å². The average Bonchev–Trinajstić information content (AvgIpc) is 3.18. The molecule has 0 spiro atoms. The molecule has 1 fully saturated rings. The fourth-order valence-corrected chi connectivity index (χ4v) is 3.45. The maximum Gasteiger partial charge on any atom is 0.275 e. The molecule has 0 aliphatic carbocycles. The summed E-state index contributed by atoms with van der Waals surface area (Å²) >= 11 is 1.40. The molecule has 3 heterocycles. The van der Waals surface area contributed by atoms with Gasteiger partial charge in [-0.2, -0.15) is 5.10 Å². The summed E-state index contributed by atoms with van der Waals surface area (Å²) in [6.07, 6.45) is 5.47. The minimum absolute atomic E-state index is 0.214. The van der Waals surface area contributed by atoms with Gasteiger partial charge in [-0.05, 0) is 43.5 Å². The molecule has 0 radical (unpaired) electrons. The number of hydrogen-bond acceptors (Lipinski definition) is 5. The molecule has 0 atom stereocenters. The van der Waals surface area contributed by atoms with E-state index in [1.165, 1.54) is 36.3 Å². The van der Waals surface area contributed by atoms with E-state index in [-0.39, 0.29) is 5.91 Å². The lowest BCUT2D eigenvalue weighted by atomic mass is 10.1. The van der Waals surface area contributed by atoms with Gasteiger partial charge in [0.2, 0.25) is 4.96 Å². The van der Waals surface area contributed by atoms with Crippen molar-refractivity contribution >= 4 is 33.6 Å².